The molecule has 0 unspecified atom stereocenters. The first-order valence-electron chi connectivity index (χ1n) is 4.73. The number of hydrogen-bond donors (Lipinski definition) is 1. The molecule has 5 nitrogen and oxygen atoms in total. The Balaban J connectivity index is 2.09. The van der Waals surface area contributed by atoms with Crippen LogP contribution in [0.15, 0.2) is 29.8 Å². The highest BCUT2D eigenvalue weighted by atomic mass is 127. The number of thiazole rings is 1. The molecule has 0 fully saturated rings. The molecule has 17 heavy (non-hydrogen) atoms. The van der Waals surface area contributed by atoms with Gasteiger partial charge in [0.1, 0.15) is 5.01 Å². The predicted octanol–water partition coefficient (Wildman–Crippen LogP) is 3.27. The second kappa shape index (κ2) is 5.41. The van der Waals surface area contributed by atoms with E-state index in [0.717, 1.165) is 14.3 Å². The smallest absolute Gasteiger partial charge is 0.270 e. The van der Waals surface area contributed by atoms with Gasteiger partial charge >= 0.3 is 0 Å². The van der Waals surface area contributed by atoms with Crippen LogP contribution in [0.1, 0.15) is 5.01 Å². The van der Waals surface area contributed by atoms with Crippen molar-refractivity contribution in [3.63, 3.8) is 0 Å². The third kappa shape index (κ3) is 3.13. The van der Waals surface area contributed by atoms with Crippen LogP contribution in [0.3, 0.4) is 0 Å². The minimum Gasteiger partial charge on any atom is -0.378 e. The van der Waals surface area contributed by atoms with Gasteiger partial charge in [0.2, 0.25) is 0 Å². The number of anilines is 1. The van der Waals surface area contributed by atoms with E-state index in [1.807, 2.05) is 5.38 Å². The van der Waals surface area contributed by atoms with Crippen LogP contribution in [0.25, 0.3) is 0 Å². The number of hydrogen-bond acceptors (Lipinski definition) is 5. The van der Waals surface area contributed by atoms with Gasteiger partial charge < -0.3 is 5.32 Å². The molecule has 1 aromatic carbocycles. The summed E-state index contributed by atoms with van der Waals surface area (Å²) in [6, 6.07) is 4.75. The first kappa shape index (κ1) is 12.2. The first-order chi connectivity index (χ1) is 8.16. The Morgan fingerprint density at radius 2 is 2.35 bits per heavy atom. The number of nitrogens with one attached hydrogen (secondary N) is 1. The lowest BCUT2D eigenvalue weighted by molar-refractivity contribution is -0.384. The van der Waals surface area contributed by atoms with Gasteiger partial charge in [-0.15, -0.1) is 11.3 Å². The number of aromatic nitrogens is 1. The minimum atomic E-state index is -0.396. The normalized spacial score (nSPS) is 10.2. The van der Waals surface area contributed by atoms with E-state index in [9.17, 15) is 10.1 Å². The van der Waals surface area contributed by atoms with Crippen molar-refractivity contribution >= 4 is 45.3 Å². The molecule has 1 N–H and O–H groups in total. The van der Waals surface area contributed by atoms with Crippen molar-refractivity contribution in [3.05, 3.63) is 48.5 Å². The van der Waals surface area contributed by atoms with Gasteiger partial charge in [-0.1, -0.05) is 0 Å². The van der Waals surface area contributed by atoms with E-state index in [2.05, 4.69) is 32.9 Å². The molecule has 1 heterocycles. The third-order valence-corrected chi connectivity index (χ3v) is 3.75. The lowest BCUT2D eigenvalue weighted by Crippen LogP contribution is -2.01. The quantitative estimate of drug-likeness (QED) is 0.516. The zero-order chi connectivity index (χ0) is 12.3. The number of nitrogens with zero attached hydrogens (tertiary/aromatic N) is 2. The summed E-state index contributed by atoms with van der Waals surface area (Å²) in [6.07, 6.45) is 1.75. The van der Waals surface area contributed by atoms with Crippen LogP contribution < -0.4 is 5.32 Å². The van der Waals surface area contributed by atoms with Crippen molar-refractivity contribution in [2.75, 3.05) is 5.32 Å². The van der Waals surface area contributed by atoms with Gasteiger partial charge in [-0.2, -0.15) is 0 Å². The summed E-state index contributed by atoms with van der Waals surface area (Å²) < 4.78 is 0.827. The highest BCUT2D eigenvalue weighted by Crippen LogP contribution is 2.24. The first-order valence-corrected chi connectivity index (χ1v) is 6.69. The molecule has 0 saturated carbocycles. The fraction of sp³-hybridized carbons (Fsp3) is 0.100. The molecule has 0 radical (unpaired) electrons. The second-order valence-electron chi connectivity index (χ2n) is 3.20. The molecule has 0 aliphatic heterocycles. The molecule has 0 aliphatic rings. The van der Waals surface area contributed by atoms with Crippen molar-refractivity contribution in [2.24, 2.45) is 0 Å². The molecule has 0 amide bonds. The number of benzene rings is 1. The Labute approximate surface area is 115 Å². The van der Waals surface area contributed by atoms with Crippen molar-refractivity contribution in [3.8, 4) is 0 Å². The number of non-ortho nitro benzene ring substituents is 1. The molecule has 2 aromatic rings. The fourth-order valence-corrected chi connectivity index (χ4v) is 2.52. The average Bonchev–Trinajstić information content (AvgIpc) is 2.80. The van der Waals surface area contributed by atoms with E-state index < -0.39 is 4.92 Å². The van der Waals surface area contributed by atoms with E-state index in [1.165, 1.54) is 6.07 Å². The van der Waals surface area contributed by atoms with Gasteiger partial charge in [-0.3, -0.25) is 10.1 Å². The zero-order valence-corrected chi connectivity index (χ0v) is 11.6. The average molecular weight is 361 g/mol. The Kier molecular flexibility index (Phi) is 3.89. The van der Waals surface area contributed by atoms with Gasteiger partial charge in [-0.25, -0.2) is 4.98 Å². The molecule has 1 aromatic heterocycles. The maximum Gasteiger partial charge on any atom is 0.270 e. The summed E-state index contributed by atoms with van der Waals surface area (Å²) in [4.78, 5) is 14.3. The van der Waals surface area contributed by atoms with E-state index in [4.69, 9.17) is 0 Å². The molecular formula is C10H8IN3O2S. The lowest BCUT2D eigenvalue weighted by Gasteiger charge is -2.06. The largest absolute Gasteiger partial charge is 0.378 e. The molecule has 0 spiro atoms. The predicted molar refractivity (Wildman–Crippen MR) is 75.3 cm³/mol. The molecule has 7 heteroatoms. The van der Waals surface area contributed by atoms with Crippen LogP contribution in [-0.4, -0.2) is 9.91 Å². The summed E-state index contributed by atoms with van der Waals surface area (Å²) in [5, 5.41) is 16.7. The van der Waals surface area contributed by atoms with Crippen LogP contribution in [0.2, 0.25) is 0 Å². The highest BCUT2D eigenvalue weighted by molar-refractivity contribution is 14.1. The number of nitro benzene ring substituents is 1. The van der Waals surface area contributed by atoms with Crippen LogP contribution >= 0.6 is 33.9 Å². The van der Waals surface area contributed by atoms with E-state index in [-0.39, 0.29) is 5.69 Å². The van der Waals surface area contributed by atoms with Gasteiger partial charge in [-0.05, 0) is 28.7 Å². The SMILES string of the molecule is O=[N+]([O-])c1ccc(NCc2nccs2)c(I)c1. The lowest BCUT2D eigenvalue weighted by atomic mass is 10.3. The van der Waals surface area contributed by atoms with Gasteiger partial charge in [0.15, 0.2) is 0 Å². The van der Waals surface area contributed by atoms with Crippen LogP contribution in [-0.2, 0) is 6.54 Å². The van der Waals surface area contributed by atoms with Gasteiger partial charge in [0.25, 0.3) is 5.69 Å². The summed E-state index contributed by atoms with van der Waals surface area (Å²) in [7, 11) is 0. The number of halogens is 1. The zero-order valence-electron chi connectivity index (χ0n) is 8.59. The number of nitro groups is 1. The van der Waals surface area contributed by atoms with Crippen LogP contribution in [0.5, 0.6) is 0 Å². The summed E-state index contributed by atoms with van der Waals surface area (Å²) >= 11 is 3.65. The van der Waals surface area contributed by atoms with E-state index in [0.29, 0.717) is 6.54 Å². The van der Waals surface area contributed by atoms with Gasteiger partial charge in [0, 0.05) is 33.0 Å². The van der Waals surface area contributed by atoms with Gasteiger partial charge in [0.05, 0.1) is 11.5 Å². The van der Waals surface area contributed by atoms with Crippen molar-refractivity contribution < 1.29 is 4.92 Å². The Hall–Kier alpha value is -1.22. The summed E-state index contributed by atoms with van der Waals surface area (Å²) in [5.41, 5.74) is 0.987. The van der Waals surface area contributed by atoms with E-state index >= 15 is 0 Å². The van der Waals surface area contributed by atoms with E-state index in [1.54, 1.807) is 29.7 Å². The number of rotatable bonds is 4. The molecule has 0 bridgehead atoms. The molecule has 0 atom stereocenters. The monoisotopic (exact) mass is 361 g/mol. The molecule has 88 valence electrons. The standard InChI is InChI=1S/C10H8IN3O2S/c11-8-5-7(14(15)16)1-2-9(8)13-6-10-12-3-4-17-10/h1-5,13H,6H2. The molecule has 0 aliphatic carbocycles. The van der Waals surface area contributed by atoms with Crippen molar-refractivity contribution in [2.45, 2.75) is 6.54 Å². The minimum absolute atomic E-state index is 0.106. The Morgan fingerprint density at radius 3 is 2.94 bits per heavy atom. The summed E-state index contributed by atoms with van der Waals surface area (Å²) in [5.74, 6) is 0. The summed E-state index contributed by atoms with van der Waals surface area (Å²) in [6.45, 7) is 0.630. The highest BCUT2D eigenvalue weighted by Gasteiger charge is 2.08. The Bertz CT molecular complexity index is 530. The molecular weight excluding hydrogens is 353 g/mol. The topological polar surface area (TPSA) is 68.1 Å². The Morgan fingerprint density at radius 1 is 1.53 bits per heavy atom. The van der Waals surface area contributed by atoms with Crippen molar-refractivity contribution in [1.82, 2.24) is 4.98 Å². The molecule has 2 rings (SSSR count). The molecule has 0 saturated heterocycles. The maximum absolute atomic E-state index is 10.6. The van der Waals surface area contributed by atoms with Crippen LogP contribution in [0, 0.1) is 13.7 Å². The third-order valence-electron chi connectivity index (χ3n) is 2.08. The maximum atomic E-state index is 10.6. The van der Waals surface area contributed by atoms with Crippen LogP contribution in [0.4, 0.5) is 11.4 Å². The fourth-order valence-electron chi connectivity index (χ4n) is 1.27. The van der Waals surface area contributed by atoms with Crippen molar-refractivity contribution in [1.29, 1.82) is 0 Å². The second-order valence-corrected chi connectivity index (χ2v) is 5.34.